The van der Waals surface area contributed by atoms with Crippen molar-refractivity contribution >= 4 is 0 Å². The molecule has 0 bridgehead atoms. The molecule has 136 valence electrons. The second-order valence-corrected chi connectivity index (χ2v) is 7.06. The summed E-state index contributed by atoms with van der Waals surface area (Å²) in [6.07, 6.45) is 4.01. The first-order valence-electron chi connectivity index (χ1n) is 9.09. The molecule has 26 heavy (non-hydrogen) atoms. The van der Waals surface area contributed by atoms with Crippen LogP contribution in [0, 0.1) is 20.8 Å². The number of hydrogen-bond donors (Lipinski definition) is 1. The van der Waals surface area contributed by atoms with Crippen molar-refractivity contribution in [2.75, 3.05) is 13.1 Å². The van der Waals surface area contributed by atoms with E-state index in [1.807, 2.05) is 33.0 Å². The van der Waals surface area contributed by atoms with E-state index in [4.69, 9.17) is 9.51 Å². The zero-order chi connectivity index (χ0) is 18.1. The van der Waals surface area contributed by atoms with Crippen LogP contribution in [0.2, 0.25) is 0 Å². The predicted molar refractivity (Wildman–Crippen MR) is 97.6 cm³/mol. The summed E-state index contributed by atoms with van der Waals surface area (Å²) in [6, 6.07) is 4.16. The van der Waals surface area contributed by atoms with Gasteiger partial charge >= 0.3 is 0 Å². The maximum Gasteiger partial charge on any atom is 0.143 e. The highest BCUT2D eigenvalue weighted by atomic mass is 16.5. The van der Waals surface area contributed by atoms with Gasteiger partial charge in [0.15, 0.2) is 0 Å². The molecule has 4 rings (SSSR count). The third-order valence-corrected chi connectivity index (χ3v) is 5.11. The largest absolute Gasteiger partial charge is 0.361 e. The van der Waals surface area contributed by atoms with Gasteiger partial charge in [-0.1, -0.05) is 5.16 Å². The first-order chi connectivity index (χ1) is 12.6. The van der Waals surface area contributed by atoms with Crippen LogP contribution in [-0.4, -0.2) is 43.3 Å². The molecule has 1 fully saturated rings. The van der Waals surface area contributed by atoms with Crippen LogP contribution in [0.1, 0.15) is 47.4 Å². The van der Waals surface area contributed by atoms with Crippen molar-refractivity contribution < 1.29 is 4.52 Å². The van der Waals surface area contributed by atoms with Crippen molar-refractivity contribution in [1.29, 1.82) is 0 Å². The molecule has 0 aromatic carbocycles. The molecule has 4 heterocycles. The Morgan fingerprint density at radius 2 is 2.00 bits per heavy atom. The molecule has 1 saturated heterocycles. The van der Waals surface area contributed by atoms with E-state index in [2.05, 4.69) is 31.3 Å². The Morgan fingerprint density at radius 3 is 2.65 bits per heavy atom. The summed E-state index contributed by atoms with van der Waals surface area (Å²) in [5.74, 6) is 2.08. The first-order valence-corrected chi connectivity index (χ1v) is 9.09. The molecule has 1 aliphatic rings. The quantitative estimate of drug-likeness (QED) is 0.776. The topological polar surface area (TPSA) is 83.7 Å². The molecule has 1 N–H and O–H groups in total. The van der Waals surface area contributed by atoms with Crippen LogP contribution in [0.4, 0.5) is 0 Å². The van der Waals surface area contributed by atoms with E-state index in [1.165, 1.54) is 5.69 Å². The molecule has 3 aromatic heterocycles. The van der Waals surface area contributed by atoms with Gasteiger partial charge in [-0.3, -0.25) is 10.00 Å². The van der Waals surface area contributed by atoms with Crippen molar-refractivity contribution in [3.05, 3.63) is 47.0 Å². The third-order valence-electron chi connectivity index (χ3n) is 5.11. The zero-order valence-corrected chi connectivity index (χ0v) is 15.5. The molecule has 1 aliphatic heterocycles. The van der Waals surface area contributed by atoms with Crippen LogP contribution in [0.5, 0.6) is 0 Å². The molecule has 7 nitrogen and oxygen atoms in total. The average molecular weight is 352 g/mol. The van der Waals surface area contributed by atoms with E-state index in [0.717, 1.165) is 66.7 Å². The van der Waals surface area contributed by atoms with Crippen LogP contribution >= 0.6 is 0 Å². The molecule has 7 heteroatoms. The molecule has 0 aliphatic carbocycles. The number of aromatic amines is 1. The minimum absolute atomic E-state index is 0.467. The maximum absolute atomic E-state index is 5.31. The monoisotopic (exact) mass is 352 g/mol. The van der Waals surface area contributed by atoms with E-state index in [-0.39, 0.29) is 0 Å². The SMILES string of the molecule is Cc1nc(-c2c(C)noc2C)cc(C2CCN(Cc3ccn[nH]3)CC2)n1. The Morgan fingerprint density at radius 1 is 1.19 bits per heavy atom. The molecular formula is C19H24N6O. The van der Waals surface area contributed by atoms with Gasteiger partial charge < -0.3 is 4.52 Å². The minimum atomic E-state index is 0.467. The number of piperidine rings is 1. The van der Waals surface area contributed by atoms with E-state index in [9.17, 15) is 0 Å². The van der Waals surface area contributed by atoms with E-state index >= 15 is 0 Å². The number of nitrogens with zero attached hydrogens (tertiary/aromatic N) is 5. The van der Waals surface area contributed by atoms with Crippen LogP contribution in [-0.2, 0) is 6.54 Å². The highest BCUT2D eigenvalue weighted by Gasteiger charge is 2.24. The summed E-state index contributed by atoms with van der Waals surface area (Å²) in [4.78, 5) is 11.8. The number of likely N-dealkylation sites (tertiary alicyclic amines) is 1. The standard InChI is InChI=1S/C19H24N6O/c1-12-19(13(2)26-24-12)18-10-17(21-14(3)22-18)15-5-8-25(9-6-15)11-16-4-7-20-23-16/h4,7,10,15H,5-6,8-9,11H2,1-3H3,(H,20,23). The lowest BCUT2D eigenvalue weighted by Crippen LogP contribution is -2.32. The minimum Gasteiger partial charge on any atom is -0.361 e. The summed E-state index contributed by atoms with van der Waals surface area (Å²) in [7, 11) is 0. The molecule has 0 radical (unpaired) electrons. The van der Waals surface area contributed by atoms with Crippen LogP contribution in [0.3, 0.4) is 0 Å². The van der Waals surface area contributed by atoms with Crippen LogP contribution < -0.4 is 0 Å². The smallest absolute Gasteiger partial charge is 0.143 e. The second-order valence-electron chi connectivity index (χ2n) is 7.06. The summed E-state index contributed by atoms with van der Waals surface area (Å²) < 4.78 is 5.31. The highest BCUT2D eigenvalue weighted by Crippen LogP contribution is 2.31. The van der Waals surface area contributed by atoms with Gasteiger partial charge in [0.25, 0.3) is 0 Å². The Hall–Kier alpha value is -2.54. The van der Waals surface area contributed by atoms with Crippen molar-refractivity contribution in [2.24, 2.45) is 0 Å². The van der Waals surface area contributed by atoms with E-state index in [0.29, 0.717) is 5.92 Å². The molecule has 0 saturated carbocycles. The number of hydrogen-bond acceptors (Lipinski definition) is 6. The van der Waals surface area contributed by atoms with E-state index in [1.54, 1.807) is 0 Å². The molecule has 0 amide bonds. The van der Waals surface area contributed by atoms with Crippen molar-refractivity contribution in [3.8, 4) is 11.3 Å². The van der Waals surface area contributed by atoms with Gasteiger partial charge in [0.1, 0.15) is 11.6 Å². The van der Waals surface area contributed by atoms with Crippen molar-refractivity contribution in [2.45, 2.75) is 46.1 Å². The zero-order valence-electron chi connectivity index (χ0n) is 15.5. The summed E-state index contributed by atoms with van der Waals surface area (Å²) in [5, 5.41) is 11.1. The summed E-state index contributed by atoms with van der Waals surface area (Å²) >= 11 is 0. The maximum atomic E-state index is 5.31. The van der Waals surface area contributed by atoms with Gasteiger partial charge in [-0.25, -0.2) is 9.97 Å². The third kappa shape index (κ3) is 3.39. The summed E-state index contributed by atoms with van der Waals surface area (Å²) in [6.45, 7) is 8.90. The second kappa shape index (κ2) is 6.99. The van der Waals surface area contributed by atoms with Gasteiger partial charge in [0, 0.05) is 30.0 Å². The molecule has 3 aromatic rings. The number of nitrogens with one attached hydrogen (secondary N) is 1. The number of H-pyrrole nitrogens is 1. The van der Waals surface area contributed by atoms with Gasteiger partial charge in [-0.05, 0) is 58.8 Å². The average Bonchev–Trinajstić information content (AvgIpc) is 3.25. The van der Waals surface area contributed by atoms with Crippen molar-refractivity contribution in [3.63, 3.8) is 0 Å². The lowest BCUT2D eigenvalue weighted by atomic mass is 9.92. The highest BCUT2D eigenvalue weighted by molar-refractivity contribution is 5.64. The molecule has 0 atom stereocenters. The fraction of sp³-hybridized carbons (Fsp3) is 0.474. The normalized spacial score (nSPS) is 16.3. The van der Waals surface area contributed by atoms with Gasteiger partial charge in [-0.2, -0.15) is 5.10 Å². The van der Waals surface area contributed by atoms with Gasteiger partial charge in [0.05, 0.1) is 17.0 Å². The fourth-order valence-corrected chi connectivity index (χ4v) is 3.78. The van der Waals surface area contributed by atoms with E-state index < -0.39 is 0 Å². The predicted octanol–water partition coefficient (Wildman–Crippen LogP) is 3.16. The Kier molecular flexibility index (Phi) is 4.55. The summed E-state index contributed by atoms with van der Waals surface area (Å²) in [5.41, 5.74) is 5.09. The Bertz CT molecular complexity index is 858. The Labute approximate surface area is 152 Å². The fourth-order valence-electron chi connectivity index (χ4n) is 3.78. The van der Waals surface area contributed by atoms with Crippen molar-refractivity contribution in [1.82, 2.24) is 30.2 Å². The molecular weight excluding hydrogens is 328 g/mol. The molecule has 0 unspecified atom stereocenters. The molecule has 0 spiro atoms. The van der Waals surface area contributed by atoms with Crippen LogP contribution in [0.15, 0.2) is 22.9 Å². The van der Waals surface area contributed by atoms with Gasteiger partial charge in [0.2, 0.25) is 0 Å². The number of aromatic nitrogens is 5. The first kappa shape index (κ1) is 16.9. The number of rotatable bonds is 4. The number of aryl methyl sites for hydroxylation is 3. The van der Waals surface area contributed by atoms with Crippen LogP contribution in [0.25, 0.3) is 11.3 Å². The lowest BCUT2D eigenvalue weighted by molar-refractivity contribution is 0.201. The van der Waals surface area contributed by atoms with Gasteiger partial charge in [-0.15, -0.1) is 0 Å². The Balaban J connectivity index is 1.50. The lowest BCUT2D eigenvalue weighted by Gasteiger charge is -2.31.